The zero-order valence-electron chi connectivity index (χ0n) is 8.69. The van der Waals surface area contributed by atoms with Crippen molar-refractivity contribution < 1.29 is 14.1 Å². The highest BCUT2D eigenvalue weighted by molar-refractivity contribution is 5.38. The van der Waals surface area contributed by atoms with Gasteiger partial charge in [0.2, 0.25) is 5.82 Å². The van der Waals surface area contributed by atoms with Crippen LogP contribution in [-0.4, -0.2) is 11.0 Å². The van der Waals surface area contributed by atoms with E-state index in [1.54, 1.807) is 0 Å². The van der Waals surface area contributed by atoms with Crippen molar-refractivity contribution in [3.63, 3.8) is 0 Å². The molecule has 0 unspecified atom stereocenters. The number of nitro groups is 1. The van der Waals surface area contributed by atoms with Crippen molar-refractivity contribution in [1.29, 1.82) is 0 Å². The summed E-state index contributed by atoms with van der Waals surface area (Å²) in [5.74, 6) is -0.476. The van der Waals surface area contributed by atoms with Gasteiger partial charge in [0.15, 0.2) is 0 Å². The predicted molar refractivity (Wildman–Crippen MR) is 55.9 cm³/mol. The van der Waals surface area contributed by atoms with E-state index >= 15 is 0 Å². The molecular weight excluding hydrogens is 213 g/mol. The van der Waals surface area contributed by atoms with Crippen LogP contribution in [0.1, 0.15) is 25.7 Å². The van der Waals surface area contributed by atoms with Crippen LogP contribution < -0.4 is 4.74 Å². The van der Waals surface area contributed by atoms with E-state index in [1.807, 2.05) is 0 Å². The summed E-state index contributed by atoms with van der Waals surface area (Å²) in [5.41, 5.74) is -0.515. The average Bonchev–Trinajstić information content (AvgIpc) is 2.70. The van der Waals surface area contributed by atoms with E-state index in [9.17, 15) is 14.5 Å². The minimum atomic E-state index is -0.847. The van der Waals surface area contributed by atoms with E-state index < -0.39 is 16.4 Å². The minimum absolute atomic E-state index is 0.126. The van der Waals surface area contributed by atoms with Crippen LogP contribution >= 0.6 is 0 Å². The third-order valence-corrected chi connectivity index (χ3v) is 2.72. The first-order valence-corrected chi connectivity index (χ1v) is 5.27. The Morgan fingerprint density at radius 1 is 1.38 bits per heavy atom. The zero-order valence-corrected chi connectivity index (χ0v) is 8.69. The molecule has 0 saturated heterocycles. The van der Waals surface area contributed by atoms with E-state index in [4.69, 9.17) is 4.74 Å². The highest BCUT2D eigenvalue weighted by Crippen LogP contribution is 2.27. The van der Waals surface area contributed by atoms with Crippen molar-refractivity contribution in [2.75, 3.05) is 0 Å². The van der Waals surface area contributed by atoms with Crippen LogP contribution in [-0.2, 0) is 0 Å². The Kier molecular flexibility index (Phi) is 3.03. The second kappa shape index (κ2) is 4.47. The molecule has 86 valence electrons. The van der Waals surface area contributed by atoms with E-state index in [0.717, 1.165) is 37.8 Å². The topological polar surface area (TPSA) is 52.4 Å². The molecule has 1 aromatic rings. The third kappa shape index (κ3) is 2.29. The largest absolute Gasteiger partial charge is 0.490 e. The molecule has 1 aromatic carbocycles. The van der Waals surface area contributed by atoms with Crippen LogP contribution in [0, 0.1) is 15.9 Å². The SMILES string of the molecule is O=[N+]([O-])c1ccc(OC2CCCC2)cc1F. The van der Waals surface area contributed by atoms with Crippen molar-refractivity contribution in [3.05, 3.63) is 34.1 Å². The maximum atomic E-state index is 13.3. The zero-order chi connectivity index (χ0) is 11.5. The van der Waals surface area contributed by atoms with Crippen LogP contribution in [0.4, 0.5) is 10.1 Å². The molecule has 1 fully saturated rings. The number of rotatable bonds is 3. The molecule has 0 heterocycles. The first-order chi connectivity index (χ1) is 7.66. The molecule has 0 aromatic heterocycles. The Morgan fingerprint density at radius 2 is 2.06 bits per heavy atom. The van der Waals surface area contributed by atoms with Gasteiger partial charge in [-0.3, -0.25) is 10.1 Å². The average molecular weight is 225 g/mol. The predicted octanol–water partition coefficient (Wildman–Crippen LogP) is 3.06. The van der Waals surface area contributed by atoms with Gasteiger partial charge in [-0.2, -0.15) is 4.39 Å². The lowest BCUT2D eigenvalue weighted by atomic mass is 10.2. The van der Waals surface area contributed by atoms with Crippen molar-refractivity contribution in [1.82, 2.24) is 0 Å². The molecule has 2 rings (SSSR count). The Labute approximate surface area is 92.2 Å². The van der Waals surface area contributed by atoms with Crippen molar-refractivity contribution in [2.45, 2.75) is 31.8 Å². The fourth-order valence-corrected chi connectivity index (χ4v) is 1.91. The fraction of sp³-hybridized carbons (Fsp3) is 0.455. The third-order valence-electron chi connectivity index (χ3n) is 2.72. The van der Waals surface area contributed by atoms with Crippen LogP contribution in [0.2, 0.25) is 0 Å². The van der Waals surface area contributed by atoms with Crippen LogP contribution in [0.5, 0.6) is 5.75 Å². The summed E-state index contributed by atoms with van der Waals surface area (Å²) < 4.78 is 18.8. The summed E-state index contributed by atoms with van der Waals surface area (Å²) in [5, 5.41) is 10.4. The molecule has 1 aliphatic rings. The van der Waals surface area contributed by atoms with Gasteiger partial charge < -0.3 is 4.74 Å². The second-order valence-corrected chi connectivity index (χ2v) is 3.89. The molecule has 0 N–H and O–H groups in total. The lowest BCUT2D eigenvalue weighted by Gasteiger charge is -2.12. The van der Waals surface area contributed by atoms with Gasteiger partial charge in [-0.25, -0.2) is 0 Å². The molecule has 0 spiro atoms. The lowest BCUT2D eigenvalue weighted by Crippen LogP contribution is -2.11. The van der Waals surface area contributed by atoms with Crippen molar-refractivity contribution >= 4 is 5.69 Å². The molecule has 0 radical (unpaired) electrons. The van der Waals surface area contributed by atoms with Crippen LogP contribution in [0.15, 0.2) is 18.2 Å². The Hall–Kier alpha value is -1.65. The quantitative estimate of drug-likeness (QED) is 0.586. The maximum absolute atomic E-state index is 13.3. The lowest BCUT2D eigenvalue weighted by molar-refractivity contribution is -0.387. The first kappa shape index (κ1) is 10.9. The summed E-state index contributed by atoms with van der Waals surface area (Å²) in [7, 11) is 0. The van der Waals surface area contributed by atoms with Crippen molar-refractivity contribution in [2.24, 2.45) is 0 Å². The van der Waals surface area contributed by atoms with Crippen LogP contribution in [0.3, 0.4) is 0 Å². The van der Waals surface area contributed by atoms with E-state index in [-0.39, 0.29) is 6.10 Å². The summed E-state index contributed by atoms with van der Waals surface area (Å²) in [4.78, 5) is 9.66. The molecule has 1 aliphatic carbocycles. The van der Waals surface area contributed by atoms with Gasteiger partial charge >= 0.3 is 5.69 Å². The molecule has 0 atom stereocenters. The molecule has 0 amide bonds. The number of nitro benzene ring substituents is 1. The van der Waals surface area contributed by atoms with Gasteiger partial charge in [-0.1, -0.05) is 0 Å². The highest BCUT2D eigenvalue weighted by atomic mass is 19.1. The van der Waals surface area contributed by atoms with Gasteiger partial charge in [-0.05, 0) is 31.7 Å². The summed E-state index contributed by atoms with van der Waals surface area (Å²) in [6.45, 7) is 0. The standard InChI is InChI=1S/C11H12FNO3/c12-10-7-9(5-6-11(10)13(14)15)16-8-3-1-2-4-8/h5-8H,1-4H2. The van der Waals surface area contributed by atoms with E-state index in [1.165, 1.54) is 6.07 Å². The Balaban J connectivity index is 2.11. The van der Waals surface area contributed by atoms with Gasteiger partial charge in [0.1, 0.15) is 5.75 Å². The number of hydrogen-bond acceptors (Lipinski definition) is 3. The van der Waals surface area contributed by atoms with E-state index in [2.05, 4.69) is 0 Å². The maximum Gasteiger partial charge on any atom is 0.305 e. The molecule has 0 bridgehead atoms. The number of benzene rings is 1. The number of nitrogens with zero attached hydrogens (tertiary/aromatic N) is 1. The van der Waals surface area contributed by atoms with Crippen molar-refractivity contribution in [3.8, 4) is 5.75 Å². The summed E-state index contributed by atoms with van der Waals surface area (Å²) >= 11 is 0. The number of hydrogen-bond donors (Lipinski definition) is 0. The fourth-order valence-electron chi connectivity index (χ4n) is 1.91. The molecule has 5 heteroatoms. The Morgan fingerprint density at radius 3 is 2.62 bits per heavy atom. The second-order valence-electron chi connectivity index (χ2n) is 3.89. The van der Waals surface area contributed by atoms with Gasteiger partial charge in [0.05, 0.1) is 11.0 Å². The van der Waals surface area contributed by atoms with E-state index in [0.29, 0.717) is 5.75 Å². The Bertz CT molecular complexity index is 402. The smallest absolute Gasteiger partial charge is 0.305 e. The normalized spacial score (nSPS) is 16.3. The van der Waals surface area contributed by atoms with Gasteiger partial charge in [0, 0.05) is 12.1 Å². The molecule has 0 aliphatic heterocycles. The first-order valence-electron chi connectivity index (χ1n) is 5.27. The monoisotopic (exact) mass is 225 g/mol. The molecular formula is C11H12FNO3. The highest BCUT2D eigenvalue weighted by Gasteiger charge is 2.19. The van der Waals surface area contributed by atoms with Gasteiger partial charge in [0.25, 0.3) is 0 Å². The minimum Gasteiger partial charge on any atom is -0.490 e. The molecule has 1 saturated carbocycles. The van der Waals surface area contributed by atoms with Gasteiger partial charge in [-0.15, -0.1) is 0 Å². The summed E-state index contributed by atoms with van der Waals surface area (Å²) in [6, 6.07) is 3.66. The number of ether oxygens (including phenoxy) is 1. The number of halogens is 1. The molecule has 4 nitrogen and oxygen atoms in total. The molecule has 16 heavy (non-hydrogen) atoms. The van der Waals surface area contributed by atoms with Crippen LogP contribution in [0.25, 0.3) is 0 Å². The summed E-state index contributed by atoms with van der Waals surface area (Å²) in [6.07, 6.45) is 4.32.